The molecule has 0 amide bonds. The molecular weight excluding hydrogens is 294 g/mol. The van der Waals surface area contributed by atoms with E-state index in [-0.39, 0.29) is 32.9 Å². The van der Waals surface area contributed by atoms with Crippen LogP contribution in [0.4, 0.5) is 0 Å². The first-order valence-corrected chi connectivity index (χ1v) is 4.93. The molecule has 0 spiro atoms. The molecule has 3 rings (SSSR count). The summed E-state index contributed by atoms with van der Waals surface area (Å²) in [4.78, 5) is 0. The first kappa shape index (κ1) is 12.0. The Morgan fingerprint density at radius 2 is 1.06 bits per heavy atom. The van der Waals surface area contributed by atoms with Crippen molar-refractivity contribution in [2.75, 3.05) is 0 Å². The van der Waals surface area contributed by atoms with E-state index >= 15 is 0 Å². The summed E-state index contributed by atoms with van der Waals surface area (Å²) in [6, 6.07) is 5.81. The van der Waals surface area contributed by atoms with Crippen LogP contribution >= 0.6 is 0 Å². The Kier molecular flexibility index (Phi) is 3.74. The van der Waals surface area contributed by atoms with Crippen LogP contribution in [0.2, 0.25) is 0 Å². The minimum atomic E-state index is 0. The normalized spacial score (nSPS) is 9.88. The van der Waals surface area contributed by atoms with E-state index in [4.69, 9.17) is 0 Å². The molecule has 0 fully saturated rings. The molecule has 0 aromatic carbocycles. The molecule has 0 saturated heterocycles. The average molecular weight is 303 g/mol. The minimum absolute atomic E-state index is 0. The molecule has 0 bridgehead atoms. The molecule has 3 heterocycles. The van der Waals surface area contributed by atoms with E-state index in [0.29, 0.717) is 0 Å². The van der Waals surface area contributed by atoms with Crippen molar-refractivity contribution < 1.29 is 26.2 Å². The molecule has 3 aromatic heterocycles. The van der Waals surface area contributed by atoms with Crippen LogP contribution in [-0.2, 0) is 26.2 Å². The summed E-state index contributed by atoms with van der Waals surface area (Å²) in [7, 11) is 0. The molecule has 0 saturated carbocycles. The fraction of sp³-hybridized carbons (Fsp3) is 0. The smallest absolute Gasteiger partial charge is 0.291 e. The van der Waals surface area contributed by atoms with E-state index in [1.165, 1.54) is 0 Å². The number of H-pyrrole nitrogens is 3. The Labute approximate surface area is 117 Å². The maximum atomic E-state index is 3.97. The van der Waals surface area contributed by atoms with Crippen molar-refractivity contribution in [3.05, 3.63) is 36.8 Å². The predicted molar refractivity (Wildman–Crippen MR) is 60.4 cm³/mol. The summed E-state index contributed by atoms with van der Waals surface area (Å²) in [5.74, 6) is 0. The van der Waals surface area contributed by atoms with Crippen molar-refractivity contribution in [2.24, 2.45) is 0 Å². The zero-order valence-electron chi connectivity index (χ0n) is 8.88. The summed E-state index contributed by atoms with van der Waals surface area (Å²) in [6.07, 6.45) is 5.19. The van der Waals surface area contributed by atoms with Gasteiger partial charge < -0.3 is 0 Å². The van der Waals surface area contributed by atoms with Gasteiger partial charge in [0, 0.05) is 61.6 Å². The van der Waals surface area contributed by atoms with Gasteiger partial charge in [0.15, 0.2) is 0 Å². The van der Waals surface area contributed by atoms with Gasteiger partial charge in [0.25, 0.3) is 0 Å². The van der Waals surface area contributed by atoms with Gasteiger partial charge >= 0.3 is 6.71 Å². The third-order valence-electron chi connectivity index (χ3n) is 2.50. The Morgan fingerprint density at radius 1 is 0.706 bits per heavy atom. The molecule has 0 radical (unpaired) electrons. The zero-order chi connectivity index (χ0) is 10.8. The molecule has 3 N–H and O–H groups in total. The molecule has 17 heavy (non-hydrogen) atoms. The van der Waals surface area contributed by atoms with Crippen molar-refractivity contribution in [3.8, 4) is 0 Å². The number of aromatic nitrogens is 6. The second-order valence-corrected chi connectivity index (χ2v) is 3.47. The quantitative estimate of drug-likeness (QED) is 0.508. The van der Waals surface area contributed by atoms with Crippen LogP contribution in [0.25, 0.3) is 0 Å². The summed E-state index contributed by atoms with van der Waals surface area (Å²) >= 11 is 0. The third-order valence-corrected chi connectivity index (χ3v) is 2.50. The number of hydrogen-bond acceptors (Lipinski definition) is 3. The second kappa shape index (κ2) is 5.27. The van der Waals surface area contributed by atoms with E-state index < -0.39 is 0 Å². The number of hydrogen-bond donors (Lipinski definition) is 3. The Balaban J connectivity index is 0.00000108. The van der Waals surface area contributed by atoms with Crippen LogP contribution in [0.15, 0.2) is 36.8 Å². The number of nitrogens with zero attached hydrogens (tertiary/aromatic N) is 3. The molecule has 0 aliphatic rings. The van der Waals surface area contributed by atoms with Crippen molar-refractivity contribution in [1.82, 2.24) is 30.6 Å². The molecule has 0 aliphatic carbocycles. The van der Waals surface area contributed by atoms with Crippen LogP contribution in [-0.4, -0.2) is 37.3 Å². The third kappa shape index (κ3) is 2.31. The average Bonchev–Trinajstić information content (AvgIpc) is 3.02. The van der Waals surface area contributed by atoms with Crippen LogP contribution in [0.3, 0.4) is 0 Å². The van der Waals surface area contributed by atoms with Gasteiger partial charge in [-0.3, -0.25) is 15.3 Å². The fourth-order valence-corrected chi connectivity index (χ4v) is 1.78. The molecule has 3 aromatic rings. The summed E-state index contributed by atoms with van der Waals surface area (Å²) in [5, 5.41) is 20.8. The zero-order valence-corrected chi connectivity index (χ0v) is 11.3. The van der Waals surface area contributed by atoms with Gasteiger partial charge in [-0.1, -0.05) is 0 Å². The fourth-order valence-electron chi connectivity index (χ4n) is 1.78. The monoisotopic (exact) mass is 302 g/mol. The molecular formula is C9H9BN6Zr. The van der Waals surface area contributed by atoms with Gasteiger partial charge in [0.1, 0.15) is 0 Å². The molecule has 0 aliphatic heterocycles. The van der Waals surface area contributed by atoms with Crippen molar-refractivity contribution in [2.45, 2.75) is 0 Å². The van der Waals surface area contributed by atoms with Gasteiger partial charge in [0.2, 0.25) is 0 Å². The SMILES string of the molecule is [Zr].c1cc(B(c2ccn[nH]2)c2ccn[nH]2)[nH]n1. The topological polar surface area (TPSA) is 86.0 Å². The van der Waals surface area contributed by atoms with Crippen LogP contribution < -0.4 is 16.8 Å². The largest absolute Gasteiger partial charge is 0.308 e. The van der Waals surface area contributed by atoms with E-state index in [0.717, 1.165) is 16.8 Å². The van der Waals surface area contributed by atoms with Crippen molar-refractivity contribution in [1.29, 1.82) is 0 Å². The van der Waals surface area contributed by atoms with E-state index in [1.807, 2.05) is 18.2 Å². The van der Waals surface area contributed by atoms with E-state index in [9.17, 15) is 0 Å². The van der Waals surface area contributed by atoms with Gasteiger partial charge in [-0.2, -0.15) is 15.3 Å². The molecule has 6 nitrogen and oxygen atoms in total. The number of aromatic amines is 3. The first-order valence-electron chi connectivity index (χ1n) is 4.93. The summed E-state index contributed by atoms with van der Waals surface area (Å²) < 4.78 is 0. The van der Waals surface area contributed by atoms with Gasteiger partial charge in [-0.25, -0.2) is 0 Å². The van der Waals surface area contributed by atoms with Gasteiger partial charge in [0.05, 0.1) is 0 Å². The molecule has 0 unspecified atom stereocenters. The van der Waals surface area contributed by atoms with Crippen molar-refractivity contribution in [3.63, 3.8) is 0 Å². The maximum absolute atomic E-state index is 3.97. The maximum Gasteiger partial charge on any atom is 0.308 e. The Bertz CT molecular complexity index is 451. The van der Waals surface area contributed by atoms with E-state index in [1.54, 1.807) is 18.6 Å². The standard InChI is InChI=1S/C9H9BN6.Zr/c1-4-11-14-7(1)10(8-2-5-12-15-8)9-3-6-13-16-9;/h1-6H,(H,11,14)(H,12,15)(H,13,16);. The Hall–Kier alpha value is -1.42. The summed E-state index contributed by atoms with van der Waals surface area (Å²) in [5.41, 5.74) is 2.98. The van der Waals surface area contributed by atoms with Gasteiger partial charge in [-0.05, 0) is 18.2 Å². The van der Waals surface area contributed by atoms with Gasteiger partial charge in [-0.15, -0.1) is 0 Å². The number of rotatable bonds is 3. The van der Waals surface area contributed by atoms with Crippen molar-refractivity contribution >= 4 is 23.5 Å². The first-order chi connectivity index (χ1) is 7.95. The van der Waals surface area contributed by atoms with Crippen LogP contribution in [0, 0.1) is 0 Å². The van der Waals surface area contributed by atoms with E-state index in [2.05, 4.69) is 30.6 Å². The Morgan fingerprint density at radius 3 is 1.29 bits per heavy atom. The predicted octanol–water partition coefficient (Wildman–Crippen LogP) is -1.63. The second-order valence-electron chi connectivity index (χ2n) is 3.47. The molecule has 82 valence electrons. The summed E-state index contributed by atoms with van der Waals surface area (Å²) in [6.45, 7) is 0.0347. The van der Waals surface area contributed by atoms with Crippen LogP contribution in [0.5, 0.6) is 0 Å². The molecule has 8 heteroatoms. The minimum Gasteiger partial charge on any atom is -0.291 e. The van der Waals surface area contributed by atoms with Crippen LogP contribution in [0.1, 0.15) is 0 Å². The molecule has 0 atom stereocenters. The number of nitrogens with one attached hydrogen (secondary N) is 3.